The zero-order chi connectivity index (χ0) is 14.2. The van der Waals surface area contributed by atoms with Gasteiger partial charge in [0.2, 0.25) is 0 Å². The van der Waals surface area contributed by atoms with Gasteiger partial charge in [0.05, 0.1) is 0 Å². The number of piperazine rings is 1. The van der Waals surface area contributed by atoms with Crippen molar-refractivity contribution in [3.8, 4) is 0 Å². The van der Waals surface area contributed by atoms with Crippen LogP contribution in [0, 0.1) is 0 Å². The van der Waals surface area contributed by atoms with Gasteiger partial charge in [-0.05, 0) is 30.7 Å². The van der Waals surface area contributed by atoms with E-state index in [0.717, 1.165) is 26.2 Å². The third kappa shape index (κ3) is 2.04. The maximum atomic E-state index is 3.60. The van der Waals surface area contributed by atoms with Gasteiger partial charge >= 0.3 is 0 Å². The summed E-state index contributed by atoms with van der Waals surface area (Å²) in [7, 11) is 0. The van der Waals surface area contributed by atoms with Crippen LogP contribution in [0.2, 0.25) is 0 Å². The van der Waals surface area contributed by atoms with Crippen molar-refractivity contribution in [1.29, 1.82) is 0 Å². The minimum atomic E-state index is 0.423. The normalized spacial score (nSPS) is 19.4. The maximum Gasteiger partial charge on any atom is 0.0491 e. The van der Waals surface area contributed by atoms with Crippen molar-refractivity contribution < 1.29 is 0 Å². The molecule has 2 N–H and O–H groups in total. The number of nitrogens with zero attached hydrogens (tertiary/aromatic N) is 1. The molecular weight excluding hydrogens is 258 g/mol. The number of aromatic nitrogens is 1. The number of aryl methyl sites for hydroxylation is 1. The van der Waals surface area contributed by atoms with Crippen molar-refractivity contribution in [3.05, 3.63) is 48.0 Å². The first-order valence-corrected chi connectivity index (χ1v) is 7.83. The Labute approximate surface area is 124 Å². The van der Waals surface area contributed by atoms with Crippen LogP contribution in [-0.2, 0) is 6.54 Å². The highest BCUT2D eigenvalue weighted by atomic mass is 15.1. The molecule has 1 aliphatic heterocycles. The average molecular weight is 279 g/mol. The number of fused-ring (bicyclic) bond motifs is 3. The summed E-state index contributed by atoms with van der Waals surface area (Å²) in [6.07, 6.45) is 0. The molecule has 0 amide bonds. The Morgan fingerprint density at radius 3 is 2.71 bits per heavy atom. The first-order valence-electron chi connectivity index (χ1n) is 7.83. The van der Waals surface area contributed by atoms with E-state index in [1.165, 1.54) is 27.4 Å². The fourth-order valence-corrected chi connectivity index (χ4v) is 3.52. The maximum absolute atomic E-state index is 3.60. The smallest absolute Gasteiger partial charge is 0.0491 e. The van der Waals surface area contributed by atoms with Gasteiger partial charge in [-0.3, -0.25) is 0 Å². The number of hydrogen-bond donors (Lipinski definition) is 2. The molecule has 3 heteroatoms. The minimum absolute atomic E-state index is 0.423. The molecule has 108 valence electrons. The first kappa shape index (κ1) is 12.9. The SMILES string of the molecule is CCn1c2ccccc2c2cc([C@H]3CNCCN3)ccc21. The van der Waals surface area contributed by atoms with Crippen LogP contribution in [0.1, 0.15) is 18.5 Å². The van der Waals surface area contributed by atoms with Gasteiger partial charge in [0, 0.05) is 54.0 Å². The van der Waals surface area contributed by atoms with Crippen LogP contribution >= 0.6 is 0 Å². The summed E-state index contributed by atoms with van der Waals surface area (Å²) in [6, 6.07) is 16.1. The zero-order valence-electron chi connectivity index (χ0n) is 12.4. The molecule has 4 rings (SSSR count). The Morgan fingerprint density at radius 1 is 1.05 bits per heavy atom. The molecule has 0 unspecified atom stereocenters. The van der Waals surface area contributed by atoms with Crippen LogP contribution in [-0.4, -0.2) is 24.2 Å². The molecule has 2 aromatic carbocycles. The fraction of sp³-hybridized carbons (Fsp3) is 0.333. The van der Waals surface area contributed by atoms with E-state index in [-0.39, 0.29) is 0 Å². The van der Waals surface area contributed by atoms with Crippen molar-refractivity contribution in [2.45, 2.75) is 19.5 Å². The third-order valence-corrected chi connectivity index (χ3v) is 4.56. The number of rotatable bonds is 2. The molecule has 1 saturated heterocycles. The molecule has 3 aromatic rings. The van der Waals surface area contributed by atoms with E-state index in [9.17, 15) is 0 Å². The predicted molar refractivity (Wildman–Crippen MR) is 88.7 cm³/mol. The topological polar surface area (TPSA) is 29.0 Å². The van der Waals surface area contributed by atoms with Gasteiger partial charge in [-0.25, -0.2) is 0 Å². The van der Waals surface area contributed by atoms with Gasteiger partial charge in [0.1, 0.15) is 0 Å². The standard InChI is InChI=1S/C18H21N3/c1-2-21-17-6-4-3-5-14(17)15-11-13(7-8-18(15)21)16-12-19-9-10-20-16/h3-8,11,16,19-20H,2,9-10,12H2,1H3/t16-/m1/s1. The van der Waals surface area contributed by atoms with Crippen LogP contribution in [0.5, 0.6) is 0 Å². The van der Waals surface area contributed by atoms with Gasteiger partial charge < -0.3 is 15.2 Å². The van der Waals surface area contributed by atoms with Crippen LogP contribution in [0.15, 0.2) is 42.5 Å². The highest BCUT2D eigenvalue weighted by molar-refractivity contribution is 6.08. The molecule has 3 nitrogen and oxygen atoms in total. The van der Waals surface area contributed by atoms with Gasteiger partial charge in [-0.15, -0.1) is 0 Å². The first-order chi connectivity index (χ1) is 10.4. The Bertz CT molecular complexity index is 782. The highest BCUT2D eigenvalue weighted by Gasteiger charge is 2.16. The lowest BCUT2D eigenvalue weighted by Gasteiger charge is -2.25. The predicted octanol–water partition coefficient (Wildman–Crippen LogP) is 3.05. The highest BCUT2D eigenvalue weighted by Crippen LogP contribution is 2.31. The summed E-state index contributed by atoms with van der Waals surface area (Å²) in [6.45, 7) is 6.34. The van der Waals surface area contributed by atoms with Gasteiger partial charge in [0.25, 0.3) is 0 Å². The molecule has 0 aliphatic carbocycles. The van der Waals surface area contributed by atoms with E-state index in [1.807, 2.05) is 0 Å². The van der Waals surface area contributed by atoms with Crippen LogP contribution < -0.4 is 10.6 Å². The molecule has 1 aromatic heterocycles. The van der Waals surface area contributed by atoms with E-state index in [1.54, 1.807) is 0 Å². The quantitative estimate of drug-likeness (QED) is 0.755. The van der Waals surface area contributed by atoms with Crippen molar-refractivity contribution in [3.63, 3.8) is 0 Å². The minimum Gasteiger partial charge on any atom is -0.341 e. The molecule has 1 aliphatic rings. The Kier molecular flexibility index (Phi) is 3.17. The molecule has 1 fully saturated rings. The second-order valence-electron chi connectivity index (χ2n) is 5.75. The summed E-state index contributed by atoms with van der Waals surface area (Å²) in [5.41, 5.74) is 4.06. The van der Waals surface area contributed by atoms with E-state index in [0.29, 0.717) is 6.04 Å². The Morgan fingerprint density at radius 2 is 1.90 bits per heavy atom. The largest absolute Gasteiger partial charge is 0.341 e. The summed E-state index contributed by atoms with van der Waals surface area (Å²) in [5.74, 6) is 0. The number of benzene rings is 2. The number of para-hydroxylation sites is 1. The molecule has 0 bridgehead atoms. The monoisotopic (exact) mass is 279 g/mol. The van der Waals surface area contributed by atoms with Crippen molar-refractivity contribution >= 4 is 21.8 Å². The van der Waals surface area contributed by atoms with E-state index in [4.69, 9.17) is 0 Å². The fourth-order valence-electron chi connectivity index (χ4n) is 3.52. The summed E-state index contributed by atoms with van der Waals surface area (Å²) < 4.78 is 2.40. The Balaban J connectivity index is 1.92. The number of hydrogen-bond acceptors (Lipinski definition) is 2. The van der Waals surface area contributed by atoms with Crippen LogP contribution in [0.4, 0.5) is 0 Å². The van der Waals surface area contributed by atoms with E-state index in [2.05, 4.69) is 64.6 Å². The average Bonchev–Trinajstić information content (AvgIpc) is 2.88. The van der Waals surface area contributed by atoms with Gasteiger partial charge in [-0.2, -0.15) is 0 Å². The molecule has 1 atom stereocenters. The lowest BCUT2D eigenvalue weighted by molar-refractivity contribution is 0.430. The molecule has 21 heavy (non-hydrogen) atoms. The third-order valence-electron chi connectivity index (χ3n) is 4.56. The van der Waals surface area contributed by atoms with Crippen molar-refractivity contribution in [1.82, 2.24) is 15.2 Å². The van der Waals surface area contributed by atoms with Crippen LogP contribution in [0.3, 0.4) is 0 Å². The second-order valence-corrected chi connectivity index (χ2v) is 5.75. The molecule has 0 saturated carbocycles. The lowest BCUT2D eigenvalue weighted by Crippen LogP contribution is -2.42. The summed E-state index contributed by atoms with van der Waals surface area (Å²) in [5, 5.41) is 9.80. The van der Waals surface area contributed by atoms with E-state index >= 15 is 0 Å². The lowest BCUT2D eigenvalue weighted by atomic mass is 10.0. The second kappa shape index (κ2) is 5.17. The van der Waals surface area contributed by atoms with Gasteiger partial charge in [-0.1, -0.05) is 24.3 Å². The van der Waals surface area contributed by atoms with Gasteiger partial charge in [0.15, 0.2) is 0 Å². The van der Waals surface area contributed by atoms with Crippen LogP contribution in [0.25, 0.3) is 21.8 Å². The van der Waals surface area contributed by atoms with Crippen molar-refractivity contribution in [2.24, 2.45) is 0 Å². The van der Waals surface area contributed by atoms with E-state index < -0.39 is 0 Å². The summed E-state index contributed by atoms with van der Waals surface area (Å²) in [4.78, 5) is 0. The molecular formula is C18H21N3. The zero-order valence-corrected chi connectivity index (χ0v) is 12.4. The summed E-state index contributed by atoms with van der Waals surface area (Å²) >= 11 is 0. The molecule has 0 spiro atoms. The molecule has 2 heterocycles. The molecule has 0 radical (unpaired) electrons. The van der Waals surface area contributed by atoms with Crippen molar-refractivity contribution in [2.75, 3.05) is 19.6 Å². The Hall–Kier alpha value is -1.84. The number of nitrogens with one attached hydrogen (secondary N) is 2.